The number of ether oxygens (including phenoxy) is 1. The molecule has 1 aliphatic heterocycles. The molecule has 0 atom stereocenters. The number of rotatable bonds is 5. The van der Waals surface area contributed by atoms with Crippen molar-refractivity contribution in [1.82, 2.24) is 14.8 Å². The summed E-state index contributed by atoms with van der Waals surface area (Å²) < 4.78 is 12.2. The summed E-state index contributed by atoms with van der Waals surface area (Å²) in [6, 6.07) is 8.73. The molecule has 1 aliphatic rings. The van der Waals surface area contributed by atoms with Crippen LogP contribution in [0.5, 0.6) is 0 Å². The van der Waals surface area contributed by atoms with Crippen molar-refractivity contribution in [2.75, 3.05) is 7.11 Å². The van der Waals surface area contributed by atoms with E-state index in [-0.39, 0.29) is 18.0 Å². The highest BCUT2D eigenvalue weighted by molar-refractivity contribution is 6.14. The van der Waals surface area contributed by atoms with Crippen LogP contribution in [0.3, 0.4) is 0 Å². The standard InChI is InChI=1S/C26H27N3O5/c1-14-9-15(2)23(16(3)10-14)29-17(4)11-19(18(29)5)12-21-24(30)28(26(32)27-21)13-20-7-8-22(34-20)25(31)33-6/h7-12H,13H2,1-6H3,(H,27,32)/b21-12-. The number of aromatic nitrogens is 1. The predicted molar refractivity (Wildman–Crippen MR) is 127 cm³/mol. The number of imide groups is 1. The number of carbonyl (C=O) groups excluding carboxylic acids is 3. The Morgan fingerprint density at radius 1 is 1.06 bits per heavy atom. The zero-order valence-corrected chi connectivity index (χ0v) is 20.1. The molecule has 0 aliphatic carbocycles. The maximum Gasteiger partial charge on any atom is 0.373 e. The van der Waals surface area contributed by atoms with Crippen LogP contribution in [0, 0.1) is 34.6 Å². The molecular weight excluding hydrogens is 434 g/mol. The molecule has 1 N–H and O–H groups in total. The Kier molecular flexibility index (Phi) is 5.91. The topological polar surface area (TPSA) is 93.8 Å². The minimum atomic E-state index is -0.626. The molecule has 8 nitrogen and oxygen atoms in total. The lowest BCUT2D eigenvalue weighted by Crippen LogP contribution is -2.30. The summed E-state index contributed by atoms with van der Waals surface area (Å²) in [5.74, 6) is -0.782. The Bertz CT molecular complexity index is 1340. The molecule has 3 heterocycles. The molecule has 1 fully saturated rings. The van der Waals surface area contributed by atoms with Gasteiger partial charge in [0.15, 0.2) is 0 Å². The second-order valence-corrected chi connectivity index (χ2v) is 8.55. The molecule has 3 amide bonds. The quantitative estimate of drug-likeness (QED) is 0.343. The lowest BCUT2D eigenvalue weighted by Gasteiger charge is -2.17. The number of urea groups is 1. The number of nitrogens with one attached hydrogen (secondary N) is 1. The summed E-state index contributed by atoms with van der Waals surface area (Å²) in [5, 5.41) is 2.65. The summed E-state index contributed by atoms with van der Waals surface area (Å²) in [6.45, 7) is 10.2. The average molecular weight is 462 g/mol. The number of furan rings is 1. The van der Waals surface area contributed by atoms with Gasteiger partial charge < -0.3 is 19.0 Å². The van der Waals surface area contributed by atoms with Crippen LogP contribution in [-0.2, 0) is 16.1 Å². The molecule has 34 heavy (non-hydrogen) atoms. The smallest absolute Gasteiger partial charge is 0.373 e. The van der Waals surface area contributed by atoms with E-state index in [9.17, 15) is 14.4 Å². The van der Waals surface area contributed by atoms with E-state index < -0.39 is 17.9 Å². The van der Waals surface area contributed by atoms with E-state index in [0.29, 0.717) is 5.76 Å². The fraction of sp³-hybridized carbons (Fsp3) is 0.269. The summed E-state index contributed by atoms with van der Waals surface area (Å²) >= 11 is 0. The van der Waals surface area contributed by atoms with Gasteiger partial charge in [0.25, 0.3) is 5.91 Å². The minimum Gasteiger partial charge on any atom is -0.463 e. The van der Waals surface area contributed by atoms with Gasteiger partial charge in [-0.2, -0.15) is 0 Å². The summed E-state index contributed by atoms with van der Waals surface area (Å²) in [7, 11) is 1.25. The van der Waals surface area contributed by atoms with Crippen molar-refractivity contribution in [1.29, 1.82) is 0 Å². The predicted octanol–water partition coefficient (Wildman–Crippen LogP) is 4.49. The van der Waals surface area contributed by atoms with Gasteiger partial charge in [-0.05, 0) is 75.6 Å². The Morgan fingerprint density at radius 2 is 1.74 bits per heavy atom. The van der Waals surface area contributed by atoms with Crippen LogP contribution < -0.4 is 5.32 Å². The third-order valence-electron chi connectivity index (χ3n) is 5.95. The van der Waals surface area contributed by atoms with E-state index in [1.807, 2.05) is 19.9 Å². The van der Waals surface area contributed by atoms with Gasteiger partial charge in [0, 0.05) is 11.4 Å². The normalized spacial score (nSPS) is 14.8. The van der Waals surface area contributed by atoms with E-state index >= 15 is 0 Å². The average Bonchev–Trinajstić information content (AvgIpc) is 3.42. The first-order chi connectivity index (χ1) is 16.1. The fourth-order valence-electron chi connectivity index (χ4n) is 4.50. The number of amides is 3. The SMILES string of the molecule is COC(=O)c1ccc(CN2C(=O)N/C(=C\c3cc(C)n(-c4c(C)cc(C)cc4C)c3C)C2=O)o1. The molecule has 8 heteroatoms. The minimum absolute atomic E-state index is 0.00875. The molecular formula is C26H27N3O5. The van der Waals surface area contributed by atoms with Gasteiger partial charge in [-0.1, -0.05) is 17.7 Å². The highest BCUT2D eigenvalue weighted by Crippen LogP contribution is 2.29. The van der Waals surface area contributed by atoms with Crippen LogP contribution in [0.2, 0.25) is 0 Å². The maximum atomic E-state index is 13.0. The number of benzene rings is 1. The molecule has 0 radical (unpaired) electrons. The van der Waals surface area contributed by atoms with Crippen molar-refractivity contribution >= 4 is 24.0 Å². The van der Waals surface area contributed by atoms with Gasteiger partial charge in [-0.15, -0.1) is 0 Å². The maximum absolute atomic E-state index is 13.0. The largest absolute Gasteiger partial charge is 0.463 e. The molecule has 1 aromatic carbocycles. The summed E-state index contributed by atoms with van der Waals surface area (Å²) in [4.78, 5) is 38.1. The molecule has 0 spiro atoms. The molecule has 3 aromatic rings. The third kappa shape index (κ3) is 4.03. The van der Waals surface area contributed by atoms with Gasteiger partial charge in [0.2, 0.25) is 5.76 Å². The van der Waals surface area contributed by atoms with Gasteiger partial charge in [-0.25, -0.2) is 9.59 Å². The van der Waals surface area contributed by atoms with Crippen LogP contribution in [0.15, 0.2) is 40.4 Å². The monoisotopic (exact) mass is 461 g/mol. The van der Waals surface area contributed by atoms with E-state index in [1.54, 1.807) is 6.08 Å². The van der Waals surface area contributed by atoms with Crippen molar-refractivity contribution in [3.05, 3.63) is 81.2 Å². The first-order valence-corrected chi connectivity index (χ1v) is 10.9. The van der Waals surface area contributed by atoms with Gasteiger partial charge in [0.05, 0.1) is 19.3 Å². The van der Waals surface area contributed by atoms with Crippen molar-refractivity contribution in [2.45, 2.75) is 41.2 Å². The number of aryl methyl sites for hydroxylation is 4. The Morgan fingerprint density at radius 3 is 2.38 bits per heavy atom. The molecule has 2 aromatic heterocycles. The van der Waals surface area contributed by atoms with Crippen LogP contribution in [0.4, 0.5) is 4.79 Å². The van der Waals surface area contributed by atoms with Crippen LogP contribution in [0.25, 0.3) is 11.8 Å². The van der Waals surface area contributed by atoms with Crippen molar-refractivity contribution in [3.8, 4) is 5.69 Å². The number of hydrogen-bond donors (Lipinski definition) is 1. The second kappa shape index (κ2) is 8.70. The fourth-order valence-corrected chi connectivity index (χ4v) is 4.50. The van der Waals surface area contributed by atoms with Crippen LogP contribution in [-0.4, -0.2) is 34.5 Å². The first kappa shape index (κ1) is 23.1. The number of hydrogen-bond acceptors (Lipinski definition) is 5. The molecule has 0 saturated carbocycles. The second-order valence-electron chi connectivity index (χ2n) is 8.55. The molecule has 4 rings (SSSR count). The number of carbonyl (C=O) groups is 3. The molecule has 176 valence electrons. The highest BCUT2D eigenvalue weighted by atomic mass is 16.5. The van der Waals surface area contributed by atoms with Crippen molar-refractivity contribution < 1.29 is 23.5 Å². The third-order valence-corrected chi connectivity index (χ3v) is 5.95. The number of methoxy groups -OCH3 is 1. The highest BCUT2D eigenvalue weighted by Gasteiger charge is 2.34. The van der Waals surface area contributed by atoms with E-state index in [4.69, 9.17) is 4.42 Å². The lowest BCUT2D eigenvalue weighted by molar-refractivity contribution is -0.123. The van der Waals surface area contributed by atoms with Gasteiger partial charge in [-0.3, -0.25) is 9.69 Å². The zero-order chi connectivity index (χ0) is 24.7. The Labute approximate surface area is 197 Å². The van der Waals surface area contributed by atoms with Gasteiger partial charge in [0.1, 0.15) is 11.5 Å². The lowest BCUT2D eigenvalue weighted by atomic mass is 10.0. The molecule has 0 unspecified atom stereocenters. The molecule has 0 bridgehead atoms. The van der Waals surface area contributed by atoms with Crippen molar-refractivity contribution in [3.63, 3.8) is 0 Å². The van der Waals surface area contributed by atoms with Crippen LogP contribution >= 0.6 is 0 Å². The van der Waals surface area contributed by atoms with Crippen LogP contribution in [0.1, 0.15) is 50.0 Å². The first-order valence-electron chi connectivity index (χ1n) is 10.9. The van der Waals surface area contributed by atoms with E-state index in [2.05, 4.69) is 47.5 Å². The Hall–Kier alpha value is -4.07. The summed E-state index contributed by atoms with van der Waals surface area (Å²) in [5.41, 5.74) is 7.68. The Balaban J connectivity index is 1.63. The molecule has 1 saturated heterocycles. The zero-order valence-electron chi connectivity index (χ0n) is 20.1. The number of esters is 1. The number of nitrogens with zero attached hydrogens (tertiary/aromatic N) is 2. The van der Waals surface area contributed by atoms with Gasteiger partial charge >= 0.3 is 12.0 Å². The van der Waals surface area contributed by atoms with E-state index in [0.717, 1.165) is 27.5 Å². The van der Waals surface area contributed by atoms with Crippen molar-refractivity contribution in [2.24, 2.45) is 0 Å². The summed E-state index contributed by atoms with van der Waals surface area (Å²) in [6.07, 6.45) is 1.69. The van der Waals surface area contributed by atoms with E-state index in [1.165, 1.54) is 35.9 Å².